The molecule has 0 spiro atoms. The first-order chi connectivity index (χ1) is 11.0. The number of carbonyl (C=O) groups excluding carboxylic acids is 2. The van der Waals surface area contributed by atoms with E-state index in [1.165, 1.54) is 9.80 Å². The predicted molar refractivity (Wildman–Crippen MR) is 93.0 cm³/mol. The van der Waals surface area contributed by atoms with Gasteiger partial charge in [-0.3, -0.25) is 19.4 Å². The zero-order chi connectivity index (χ0) is 16.7. The van der Waals surface area contributed by atoms with E-state index in [1.54, 1.807) is 0 Å². The van der Waals surface area contributed by atoms with Gasteiger partial charge in [-0.2, -0.15) is 0 Å². The number of aromatic nitrogens is 1. The number of hydrogen-bond donors (Lipinski definition) is 0. The van der Waals surface area contributed by atoms with Gasteiger partial charge in [0, 0.05) is 31.3 Å². The summed E-state index contributed by atoms with van der Waals surface area (Å²) in [6.45, 7) is 4.66. The van der Waals surface area contributed by atoms with Crippen LogP contribution in [0.4, 0.5) is 0 Å². The van der Waals surface area contributed by atoms with Gasteiger partial charge < -0.3 is 4.57 Å². The highest BCUT2D eigenvalue weighted by Gasteiger charge is 2.44. The van der Waals surface area contributed by atoms with Gasteiger partial charge in [-0.15, -0.1) is 0 Å². The van der Waals surface area contributed by atoms with Gasteiger partial charge in [0.05, 0.1) is 0 Å². The zero-order valence-electron chi connectivity index (χ0n) is 13.4. The summed E-state index contributed by atoms with van der Waals surface area (Å²) in [5, 5.41) is 1.32. The van der Waals surface area contributed by atoms with Gasteiger partial charge in [-0.25, -0.2) is 0 Å². The molecule has 1 aromatic heterocycles. The largest absolute Gasteiger partial charge is 0.346 e. The van der Waals surface area contributed by atoms with Crippen molar-refractivity contribution in [2.75, 3.05) is 13.1 Å². The minimum atomic E-state index is -0.834. The quantitative estimate of drug-likeness (QED) is 0.641. The van der Waals surface area contributed by atoms with Crippen molar-refractivity contribution in [1.82, 2.24) is 14.4 Å². The Morgan fingerprint density at radius 3 is 2.13 bits per heavy atom. The lowest BCUT2D eigenvalue weighted by molar-refractivity contribution is -0.142. The monoisotopic (exact) mass is 329 g/mol. The molecular formula is C17H19N3O2S. The Bertz CT molecular complexity index is 785. The van der Waals surface area contributed by atoms with E-state index in [4.69, 9.17) is 12.2 Å². The first-order valence-corrected chi connectivity index (χ1v) is 8.13. The average molecular weight is 329 g/mol. The van der Waals surface area contributed by atoms with Gasteiger partial charge >= 0.3 is 0 Å². The lowest BCUT2D eigenvalue weighted by Gasteiger charge is -2.38. The molecule has 1 saturated heterocycles. The van der Waals surface area contributed by atoms with Crippen molar-refractivity contribution in [3.05, 3.63) is 36.0 Å². The highest BCUT2D eigenvalue weighted by molar-refractivity contribution is 7.80. The summed E-state index contributed by atoms with van der Waals surface area (Å²) in [7, 11) is 1.89. The Labute approximate surface area is 140 Å². The van der Waals surface area contributed by atoms with Crippen LogP contribution in [-0.2, 0) is 16.6 Å². The summed E-state index contributed by atoms with van der Waals surface area (Å²) in [6, 6.07) is 9.78. The molecule has 0 saturated carbocycles. The maximum Gasteiger partial charge on any atom is 0.247 e. The molecule has 0 aliphatic carbocycles. The number of fused-ring (bicyclic) bond motifs is 1. The molecule has 1 aliphatic rings. The molecule has 0 radical (unpaired) electrons. The SMILES string of the molecule is CCN1C(=O)C(c2cc3ccccc3n2C)C(=O)N(CC)C1=S. The molecule has 0 atom stereocenters. The van der Waals surface area contributed by atoms with Gasteiger partial charge in [0.1, 0.15) is 0 Å². The maximum absolute atomic E-state index is 12.8. The molecule has 0 unspecified atom stereocenters. The first kappa shape index (κ1) is 15.7. The fraction of sp³-hybridized carbons (Fsp3) is 0.353. The smallest absolute Gasteiger partial charge is 0.247 e. The molecule has 2 amide bonds. The molecule has 0 N–H and O–H groups in total. The Balaban J connectivity index is 2.15. The number of likely N-dealkylation sites (N-methyl/N-ethyl adjacent to an activating group) is 2. The van der Waals surface area contributed by atoms with Gasteiger partial charge in [0.2, 0.25) is 11.8 Å². The zero-order valence-corrected chi connectivity index (χ0v) is 14.3. The lowest BCUT2D eigenvalue weighted by Crippen LogP contribution is -2.58. The molecular weight excluding hydrogens is 310 g/mol. The lowest BCUT2D eigenvalue weighted by atomic mass is 9.99. The van der Waals surface area contributed by atoms with Crippen LogP contribution in [0, 0.1) is 0 Å². The Kier molecular flexibility index (Phi) is 3.93. The van der Waals surface area contributed by atoms with E-state index in [0.717, 1.165) is 10.9 Å². The third-order valence-electron chi connectivity index (χ3n) is 4.40. The number of amides is 2. The van der Waals surface area contributed by atoms with E-state index in [0.29, 0.717) is 23.9 Å². The number of carbonyl (C=O) groups is 2. The average Bonchev–Trinajstić information content (AvgIpc) is 2.86. The van der Waals surface area contributed by atoms with Crippen LogP contribution in [0.2, 0.25) is 0 Å². The Hall–Kier alpha value is -2.21. The van der Waals surface area contributed by atoms with E-state index >= 15 is 0 Å². The predicted octanol–water partition coefficient (Wildman–Crippen LogP) is 2.26. The third kappa shape index (κ3) is 2.25. The van der Waals surface area contributed by atoms with Gasteiger partial charge in [0.15, 0.2) is 11.0 Å². The standard InChI is InChI=1S/C17H19N3O2S/c1-4-19-15(21)14(16(22)20(5-2)17(19)23)13-10-11-8-6-7-9-12(11)18(13)3/h6-10,14H,4-5H2,1-3H3. The first-order valence-electron chi connectivity index (χ1n) is 7.72. The molecule has 6 heteroatoms. The van der Waals surface area contributed by atoms with E-state index < -0.39 is 5.92 Å². The van der Waals surface area contributed by atoms with E-state index in [-0.39, 0.29) is 11.8 Å². The van der Waals surface area contributed by atoms with Crippen LogP contribution in [0.15, 0.2) is 30.3 Å². The molecule has 2 heterocycles. The Morgan fingerprint density at radius 2 is 1.61 bits per heavy atom. The molecule has 2 aromatic rings. The summed E-state index contributed by atoms with van der Waals surface area (Å²) >= 11 is 5.30. The van der Waals surface area contributed by atoms with Crippen molar-refractivity contribution in [2.24, 2.45) is 7.05 Å². The topological polar surface area (TPSA) is 45.6 Å². The number of rotatable bonds is 3. The van der Waals surface area contributed by atoms with Crippen molar-refractivity contribution in [2.45, 2.75) is 19.8 Å². The normalized spacial score (nSPS) is 16.7. The van der Waals surface area contributed by atoms with E-state index in [1.807, 2.05) is 55.8 Å². The molecule has 1 aliphatic heterocycles. The van der Waals surface area contributed by atoms with Crippen LogP contribution in [0.3, 0.4) is 0 Å². The van der Waals surface area contributed by atoms with Crippen LogP contribution < -0.4 is 0 Å². The highest BCUT2D eigenvalue weighted by atomic mass is 32.1. The number of nitrogens with zero attached hydrogens (tertiary/aromatic N) is 3. The van der Waals surface area contributed by atoms with Crippen LogP contribution in [-0.4, -0.2) is 44.4 Å². The van der Waals surface area contributed by atoms with E-state index in [9.17, 15) is 9.59 Å². The van der Waals surface area contributed by atoms with Crippen molar-refractivity contribution < 1.29 is 9.59 Å². The van der Waals surface area contributed by atoms with Crippen LogP contribution in [0.1, 0.15) is 25.5 Å². The second kappa shape index (κ2) is 5.77. The molecule has 1 fully saturated rings. The number of para-hydroxylation sites is 1. The van der Waals surface area contributed by atoms with Crippen molar-refractivity contribution in [3.8, 4) is 0 Å². The van der Waals surface area contributed by atoms with Gasteiger partial charge in [-0.05, 0) is 43.6 Å². The van der Waals surface area contributed by atoms with Gasteiger partial charge in [0.25, 0.3) is 0 Å². The van der Waals surface area contributed by atoms with Gasteiger partial charge in [-0.1, -0.05) is 18.2 Å². The summed E-state index contributed by atoms with van der Waals surface area (Å²) in [6.07, 6.45) is 0. The number of hydrogen-bond acceptors (Lipinski definition) is 3. The summed E-state index contributed by atoms with van der Waals surface area (Å²) in [4.78, 5) is 28.7. The molecule has 0 bridgehead atoms. The second-order valence-electron chi connectivity index (χ2n) is 5.57. The molecule has 120 valence electrons. The minimum Gasteiger partial charge on any atom is -0.346 e. The fourth-order valence-electron chi connectivity index (χ4n) is 3.17. The Morgan fingerprint density at radius 1 is 1.04 bits per heavy atom. The van der Waals surface area contributed by atoms with Crippen molar-refractivity contribution in [3.63, 3.8) is 0 Å². The van der Waals surface area contributed by atoms with E-state index in [2.05, 4.69) is 0 Å². The number of thiocarbonyl (C=S) groups is 1. The molecule has 23 heavy (non-hydrogen) atoms. The number of benzene rings is 1. The number of aryl methyl sites for hydroxylation is 1. The fourth-order valence-corrected chi connectivity index (χ4v) is 3.61. The summed E-state index contributed by atoms with van der Waals surface area (Å²) in [5.41, 5.74) is 1.71. The van der Waals surface area contributed by atoms with Crippen LogP contribution in [0.5, 0.6) is 0 Å². The third-order valence-corrected chi connectivity index (χ3v) is 4.85. The molecule has 1 aromatic carbocycles. The molecule has 3 rings (SSSR count). The molecule has 5 nitrogen and oxygen atoms in total. The summed E-state index contributed by atoms with van der Waals surface area (Å²) in [5.74, 6) is -1.31. The van der Waals surface area contributed by atoms with Crippen LogP contribution >= 0.6 is 12.2 Å². The van der Waals surface area contributed by atoms with Crippen molar-refractivity contribution in [1.29, 1.82) is 0 Å². The maximum atomic E-state index is 12.8. The second-order valence-corrected chi connectivity index (χ2v) is 5.93. The van der Waals surface area contributed by atoms with Crippen LogP contribution in [0.25, 0.3) is 10.9 Å². The highest BCUT2D eigenvalue weighted by Crippen LogP contribution is 2.30. The summed E-state index contributed by atoms with van der Waals surface area (Å²) < 4.78 is 1.92. The van der Waals surface area contributed by atoms with Crippen molar-refractivity contribution >= 4 is 40.0 Å². The minimum absolute atomic E-state index is 0.238.